The lowest BCUT2D eigenvalue weighted by Crippen LogP contribution is -2.30. The van der Waals surface area contributed by atoms with E-state index < -0.39 is 29.2 Å². The lowest BCUT2D eigenvalue weighted by molar-refractivity contribution is -0.137. The summed E-state index contributed by atoms with van der Waals surface area (Å²) in [7, 11) is 0. The van der Waals surface area contributed by atoms with Gasteiger partial charge in [0, 0.05) is 5.69 Å². The Kier molecular flexibility index (Phi) is 4.45. The summed E-state index contributed by atoms with van der Waals surface area (Å²) < 4.78 is 38.4. The molecule has 2 rings (SSSR count). The molecule has 0 saturated carbocycles. The van der Waals surface area contributed by atoms with Gasteiger partial charge in [-0.25, -0.2) is 0 Å². The first-order chi connectivity index (χ1) is 10.4. The molecule has 2 aromatic carbocycles. The molecule has 2 aromatic rings. The van der Waals surface area contributed by atoms with Gasteiger partial charge < -0.3 is 10.6 Å². The number of hydrogen-bond donors (Lipinski definition) is 2. The average Bonchev–Trinajstić information content (AvgIpc) is 2.47. The minimum Gasteiger partial charge on any atom is -0.318 e. The third-order valence-corrected chi connectivity index (χ3v) is 2.72. The van der Waals surface area contributed by atoms with Crippen molar-refractivity contribution in [2.24, 2.45) is 0 Å². The van der Waals surface area contributed by atoms with Gasteiger partial charge in [0.2, 0.25) is 0 Å². The van der Waals surface area contributed by atoms with Gasteiger partial charge >= 0.3 is 18.0 Å². The van der Waals surface area contributed by atoms with Crippen molar-refractivity contribution in [2.75, 3.05) is 10.6 Å². The summed E-state index contributed by atoms with van der Waals surface area (Å²) in [6, 6.07) is 12.5. The first-order valence-electron chi connectivity index (χ1n) is 6.21. The maximum absolute atomic E-state index is 12.8. The van der Waals surface area contributed by atoms with Crippen molar-refractivity contribution < 1.29 is 22.8 Å². The fourth-order valence-corrected chi connectivity index (χ4v) is 1.73. The minimum absolute atomic E-state index is 0.367. The van der Waals surface area contributed by atoms with Crippen molar-refractivity contribution in [3.8, 4) is 0 Å². The highest BCUT2D eigenvalue weighted by atomic mass is 19.4. The zero-order valence-electron chi connectivity index (χ0n) is 11.1. The maximum atomic E-state index is 12.8. The number of carbonyl (C=O) groups excluding carboxylic acids is 2. The van der Waals surface area contributed by atoms with E-state index in [2.05, 4.69) is 5.32 Å². The van der Waals surface area contributed by atoms with Crippen LogP contribution in [0.3, 0.4) is 0 Å². The molecule has 0 aliphatic rings. The van der Waals surface area contributed by atoms with Gasteiger partial charge in [0.1, 0.15) is 0 Å². The molecular formula is C15H11F3N2O2. The van der Waals surface area contributed by atoms with Gasteiger partial charge in [0.05, 0.1) is 11.3 Å². The zero-order valence-corrected chi connectivity index (χ0v) is 11.1. The molecule has 0 aliphatic heterocycles. The summed E-state index contributed by atoms with van der Waals surface area (Å²) in [6.07, 6.45) is -4.63. The number of halogens is 3. The molecule has 114 valence electrons. The average molecular weight is 308 g/mol. The SMILES string of the molecule is O=C(Nc1ccccc1)C(=O)Nc1ccccc1C(F)(F)F. The minimum atomic E-state index is -4.63. The molecule has 0 bridgehead atoms. The van der Waals surface area contributed by atoms with E-state index in [1.54, 1.807) is 30.3 Å². The number of nitrogens with one attached hydrogen (secondary N) is 2. The molecular weight excluding hydrogens is 297 g/mol. The van der Waals surface area contributed by atoms with E-state index in [0.717, 1.165) is 12.1 Å². The highest BCUT2D eigenvalue weighted by Crippen LogP contribution is 2.34. The third-order valence-electron chi connectivity index (χ3n) is 2.72. The normalized spacial score (nSPS) is 10.9. The second kappa shape index (κ2) is 6.30. The molecule has 2 amide bonds. The summed E-state index contributed by atoms with van der Waals surface area (Å²) in [5, 5.41) is 4.25. The van der Waals surface area contributed by atoms with Gasteiger partial charge in [0.15, 0.2) is 0 Å². The summed E-state index contributed by atoms with van der Waals surface area (Å²) >= 11 is 0. The summed E-state index contributed by atoms with van der Waals surface area (Å²) in [4.78, 5) is 23.4. The quantitative estimate of drug-likeness (QED) is 0.837. The first-order valence-corrected chi connectivity index (χ1v) is 6.21. The van der Waals surface area contributed by atoms with Crippen molar-refractivity contribution >= 4 is 23.2 Å². The molecule has 0 aromatic heterocycles. The van der Waals surface area contributed by atoms with Gasteiger partial charge in [0.25, 0.3) is 0 Å². The number of carbonyl (C=O) groups is 2. The Morgan fingerprint density at radius 3 is 1.95 bits per heavy atom. The van der Waals surface area contributed by atoms with Crippen molar-refractivity contribution in [3.63, 3.8) is 0 Å². The predicted molar refractivity (Wildman–Crippen MR) is 75.1 cm³/mol. The molecule has 0 spiro atoms. The highest BCUT2D eigenvalue weighted by molar-refractivity contribution is 6.43. The topological polar surface area (TPSA) is 58.2 Å². The lowest BCUT2D eigenvalue weighted by Gasteiger charge is -2.13. The number of amides is 2. The molecule has 0 radical (unpaired) electrons. The third kappa shape index (κ3) is 3.85. The smallest absolute Gasteiger partial charge is 0.318 e. The summed E-state index contributed by atoms with van der Waals surface area (Å²) in [6.45, 7) is 0. The lowest BCUT2D eigenvalue weighted by atomic mass is 10.1. The van der Waals surface area contributed by atoms with Crippen molar-refractivity contribution in [1.82, 2.24) is 0 Å². The second-order valence-corrected chi connectivity index (χ2v) is 4.32. The Bertz CT molecular complexity index is 685. The van der Waals surface area contributed by atoms with Crippen LogP contribution in [0.5, 0.6) is 0 Å². The van der Waals surface area contributed by atoms with E-state index in [4.69, 9.17) is 0 Å². The fourth-order valence-electron chi connectivity index (χ4n) is 1.73. The predicted octanol–water partition coefficient (Wildman–Crippen LogP) is 3.28. The maximum Gasteiger partial charge on any atom is 0.418 e. The van der Waals surface area contributed by atoms with Gasteiger partial charge in [-0.15, -0.1) is 0 Å². The van der Waals surface area contributed by atoms with Gasteiger partial charge in [-0.05, 0) is 24.3 Å². The van der Waals surface area contributed by atoms with E-state index in [1.807, 2.05) is 5.32 Å². The summed E-state index contributed by atoms with van der Waals surface area (Å²) in [5.41, 5.74) is -1.12. The Hall–Kier alpha value is -2.83. The van der Waals surface area contributed by atoms with E-state index in [-0.39, 0.29) is 0 Å². The number of hydrogen-bond acceptors (Lipinski definition) is 2. The van der Waals surface area contributed by atoms with Crippen LogP contribution < -0.4 is 10.6 Å². The number of rotatable bonds is 2. The number of alkyl halides is 3. The Balaban J connectivity index is 2.11. The van der Waals surface area contributed by atoms with Crippen molar-refractivity contribution in [2.45, 2.75) is 6.18 Å². The number of anilines is 2. The first kappa shape index (κ1) is 15.6. The van der Waals surface area contributed by atoms with E-state index in [9.17, 15) is 22.8 Å². The van der Waals surface area contributed by atoms with Crippen LogP contribution in [0, 0.1) is 0 Å². The molecule has 0 unspecified atom stereocenters. The van der Waals surface area contributed by atoms with E-state index in [0.29, 0.717) is 5.69 Å². The van der Waals surface area contributed by atoms with Crippen LogP contribution in [0.4, 0.5) is 24.5 Å². The Labute approximate surface area is 124 Å². The standard InChI is InChI=1S/C15H11F3N2O2/c16-15(17,18)11-8-4-5-9-12(11)20-14(22)13(21)19-10-6-2-1-3-7-10/h1-9H,(H,19,21)(H,20,22). The van der Waals surface area contributed by atoms with Crippen LogP contribution in [-0.4, -0.2) is 11.8 Å². The molecule has 0 atom stereocenters. The van der Waals surface area contributed by atoms with Crippen molar-refractivity contribution in [1.29, 1.82) is 0 Å². The molecule has 22 heavy (non-hydrogen) atoms. The van der Waals surface area contributed by atoms with Gasteiger partial charge in [-0.3, -0.25) is 9.59 Å². The molecule has 7 heteroatoms. The van der Waals surface area contributed by atoms with Crippen LogP contribution in [-0.2, 0) is 15.8 Å². The highest BCUT2D eigenvalue weighted by Gasteiger charge is 2.34. The number of benzene rings is 2. The zero-order chi connectivity index (χ0) is 16.2. The van der Waals surface area contributed by atoms with Gasteiger partial charge in [-0.2, -0.15) is 13.2 Å². The molecule has 2 N–H and O–H groups in total. The number of para-hydroxylation sites is 2. The van der Waals surface area contributed by atoms with Crippen molar-refractivity contribution in [3.05, 3.63) is 60.2 Å². The Morgan fingerprint density at radius 2 is 1.32 bits per heavy atom. The van der Waals surface area contributed by atoms with Crippen LogP contribution in [0.25, 0.3) is 0 Å². The molecule has 4 nitrogen and oxygen atoms in total. The second-order valence-electron chi connectivity index (χ2n) is 4.32. The van der Waals surface area contributed by atoms with Crippen LogP contribution in [0.15, 0.2) is 54.6 Å². The molecule has 0 saturated heterocycles. The molecule has 0 heterocycles. The van der Waals surface area contributed by atoms with Crippen LogP contribution >= 0.6 is 0 Å². The van der Waals surface area contributed by atoms with Gasteiger partial charge in [-0.1, -0.05) is 30.3 Å². The Morgan fingerprint density at radius 1 is 0.773 bits per heavy atom. The fraction of sp³-hybridized carbons (Fsp3) is 0.0667. The summed E-state index contributed by atoms with van der Waals surface area (Å²) in [5.74, 6) is -2.23. The monoisotopic (exact) mass is 308 g/mol. The van der Waals surface area contributed by atoms with E-state index in [1.165, 1.54) is 12.1 Å². The molecule has 0 aliphatic carbocycles. The molecule has 0 fully saturated rings. The van der Waals surface area contributed by atoms with Crippen LogP contribution in [0.1, 0.15) is 5.56 Å². The van der Waals surface area contributed by atoms with E-state index >= 15 is 0 Å². The largest absolute Gasteiger partial charge is 0.418 e. The van der Waals surface area contributed by atoms with Crippen LogP contribution in [0.2, 0.25) is 0 Å².